The first-order valence-electron chi connectivity index (χ1n) is 8.73. The molecule has 0 spiro atoms. The molecular weight excluding hydrogens is 398 g/mol. The van der Waals surface area contributed by atoms with Crippen LogP contribution in [0, 0.1) is 0 Å². The number of thiophene rings is 1. The van der Waals surface area contributed by atoms with Crippen LogP contribution in [-0.4, -0.2) is 13.9 Å². The minimum absolute atomic E-state index is 0. The number of benzene rings is 2. The maximum Gasteiger partial charge on any atom is 0.231 e. The van der Waals surface area contributed by atoms with Gasteiger partial charge >= 0.3 is 0 Å². The van der Waals surface area contributed by atoms with E-state index in [2.05, 4.69) is 17.4 Å². The maximum absolute atomic E-state index is 5.88. The fraction of sp³-hybridized carbons (Fsp3) is 0.238. The molecule has 0 saturated carbocycles. The molecule has 2 heterocycles. The van der Waals surface area contributed by atoms with Crippen molar-refractivity contribution in [2.24, 2.45) is 0 Å². The predicted octanol–water partition coefficient (Wildman–Crippen LogP) is 4.78. The lowest BCUT2D eigenvalue weighted by atomic mass is 10.1. The van der Waals surface area contributed by atoms with Crippen LogP contribution in [0.1, 0.15) is 16.0 Å². The molecular formula is C21H22ClNO4S. The second-order valence-corrected chi connectivity index (χ2v) is 7.18. The van der Waals surface area contributed by atoms with Gasteiger partial charge < -0.3 is 24.3 Å². The van der Waals surface area contributed by atoms with Gasteiger partial charge in [-0.3, -0.25) is 0 Å². The van der Waals surface area contributed by atoms with Crippen LogP contribution >= 0.6 is 23.7 Å². The second-order valence-electron chi connectivity index (χ2n) is 6.14. The first-order valence-corrected chi connectivity index (χ1v) is 9.61. The van der Waals surface area contributed by atoms with Gasteiger partial charge in [-0.25, -0.2) is 0 Å². The molecule has 0 amide bonds. The molecule has 0 saturated heterocycles. The summed E-state index contributed by atoms with van der Waals surface area (Å²) in [5.74, 6) is 3.11. The topological polar surface area (TPSA) is 49.0 Å². The van der Waals surface area contributed by atoms with Crippen molar-refractivity contribution in [3.05, 3.63) is 69.9 Å². The van der Waals surface area contributed by atoms with Crippen LogP contribution in [0.15, 0.2) is 53.9 Å². The molecule has 0 atom stereocenters. The first-order chi connectivity index (χ1) is 13.3. The molecule has 148 valence electrons. The van der Waals surface area contributed by atoms with E-state index in [9.17, 15) is 0 Å². The summed E-state index contributed by atoms with van der Waals surface area (Å²) in [5, 5.41) is 5.49. The lowest BCUT2D eigenvalue weighted by molar-refractivity contribution is 0.174. The van der Waals surface area contributed by atoms with E-state index in [1.54, 1.807) is 18.4 Å². The van der Waals surface area contributed by atoms with E-state index in [-0.39, 0.29) is 12.4 Å². The largest absolute Gasteiger partial charge is 0.493 e. The third-order valence-corrected chi connectivity index (χ3v) is 5.12. The van der Waals surface area contributed by atoms with E-state index in [0.29, 0.717) is 13.4 Å². The third kappa shape index (κ3) is 4.90. The molecule has 0 aliphatic carbocycles. The lowest BCUT2D eigenvalue weighted by Crippen LogP contribution is -2.12. The SMILES string of the molecule is COc1cc(CNCc2ccc3c(c2)OCO3)ccc1OCc1cccs1.Cl. The molecule has 7 heteroatoms. The van der Waals surface area contributed by atoms with E-state index < -0.39 is 0 Å². The summed E-state index contributed by atoms with van der Waals surface area (Å²) in [6.45, 7) is 2.33. The van der Waals surface area contributed by atoms with Crippen molar-refractivity contribution in [3.8, 4) is 23.0 Å². The number of nitrogens with one attached hydrogen (secondary N) is 1. The number of hydrogen-bond donors (Lipinski definition) is 1. The highest BCUT2D eigenvalue weighted by molar-refractivity contribution is 7.09. The normalized spacial score (nSPS) is 11.8. The quantitative estimate of drug-likeness (QED) is 0.569. The summed E-state index contributed by atoms with van der Waals surface area (Å²) in [7, 11) is 1.66. The Kier molecular flexibility index (Phi) is 7.03. The Balaban J connectivity index is 0.00000225. The summed E-state index contributed by atoms with van der Waals surface area (Å²) in [5.41, 5.74) is 2.29. The second kappa shape index (κ2) is 9.68. The number of halogens is 1. The van der Waals surface area contributed by atoms with Crippen LogP contribution in [-0.2, 0) is 19.7 Å². The van der Waals surface area contributed by atoms with Crippen LogP contribution in [0.3, 0.4) is 0 Å². The van der Waals surface area contributed by atoms with Gasteiger partial charge in [0.25, 0.3) is 0 Å². The Labute approximate surface area is 174 Å². The number of fused-ring (bicyclic) bond motifs is 1. The number of ether oxygens (including phenoxy) is 4. The minimum Gasteiger partial charge on any atom is -0.493 e. The number of methoxy groups -OCH3 is 1. The Morgan fingerprint density at radius 3 is 2.54 bits per heavy atom. The maximum atomic E-state index is 5.88. The zero-order chi connectivity index (χ0) is 18.5. The highest BCUT2D eigenvalue weighted by Gasteiger charge is 2.13. The van der Waals surface area contributed by atoms with Gasteiger partial charge in [0.15, 0.2) is 23.0 Å². The van der Waals surface area contributed by atoms with Gasteiger partial charge in [0, 0.05) is 18.0 Å². The fourth-order valence-corrected chi connectivity index (χ4v) is 3.50. The van der Waals surface area contributed by atoms with Gasteiger partial charge in [-0.05, 0) is 46.8 Å². The molecule has 3 aromatic rings. The average molecular weight is 420 g/mol. The van der Waals surface area contributed by atoms with Crippen LogP contribution in [0.25, 0.3) is 0 Å². The van der Waals surface area contributed by atoms with E-state index in [4.69, 9.17) is 18.9 Å². The third-order valence-electron chi connectivity index (χ3n) is 4.27. The number of rotatable bonds is 8. The van der Waals surface area contributed by atoms with Crippen LogP contribution in [0.5, 0.6) is 23.0 Å². The Morgan fingerprint density at radius 1 is 0.964 bits per heavy atom. The van der Waals surface area contributed by atoms with Crippen LogP contribution < -0.4 is 24.3 Å². The monoisotopic (exact) mass is 419 g/mol. The van der Waals surface area contributed by atoms with E-state index >= 15 is 0 Å². The fourth-order valence-electron chi connectivity index (χ4n) is 2.89. The zero-order valence-corrected chi connectivity index (χ0v) is 17.1. The lowest BCUT2D eigenvalue weighted by Gasteiger charge is -2.12. The Hall–Kier alpha value is -2.41. The molecule has 0 radical (unpaired) electrons. The van der Waals surface area contributed by atoms with Crippen LogP contribution in [0.2, 0.25) is 0 Å². The van der Waals surface area contributed by atoms with Crippen molar-refractivity contribution in [3.63, 3.8) is 0 Å². The van der Waals surface area contributed by atoms with Crippen molar-refractivity contribution < 1.29 is 18.9 Å². The van der Waals surface area contributed by atoms with Crippen LogP contribution in [0.4, 0.5) is 0 Å². The molecule has 28 heavy (non-hydrogen) atoms. The van der Waals surface area contributed by atoms with Gasteiger partial charge in [-0.2, -0.15) is 0 Å². The highest BCUT2D eigenvalue weighted by atomic mass is 35.5. The predicted molar refractivity (Wildman–Crippen MR) is 112 cm³/mol. The molecule has 4 rings (SSSR count). The number of hydrogen-bond acceptors (Lipinski definition) is 6. The van der Waals surface area contributed by atoms with Gasteiger partial charge in [-0.1, -0.05) is 18.2 Å². The molecule has 1 aliphatic rings. The molecule has 0 unspecified atom stereocenters. The summed E-state index contributed by atoms with van der Waals surface area (Å²) < 4.78 is 22.1. The van der Waals surface area contributed by atoms with E-state index in [1.165, 1.54) is 4.88 Å². The molecule has 0 fully saturated rings. The minimum atomic E-state index is 0. The van der Waals surface area contributed by atoms with Crippen molar-refractivity contribution in [1.82, 2.24) is 5.32 Å². The van der Waals surface area contributed by atoms with E-state index in [1.807, 2.05) is 41.8 Å². The average Bonchev–Trinajstić information content (AvgIpc) is 3.38. The molecule has 5 nitrogen and oxygen atoms in total. The smallest absolute Gasteiger partial charge is 0.231 e. The molecule has 1 aliphatic heterocycles. The van der Waals surface area contributed by atoms with Gasteiger partial charge in [0.2, 0.25) is 6.79 Å². The molecule has 0 bridgehead atoms. The summed E-state index contributed by atoms with van der Waals surface area (Å²) in [4.78, 5) is 1.19. The summed E-state index contributed by atoms with van der Waals surface area (Å²) >= 11 is 1.68. The van der Waals surface area contributed by atoms with Gasteiger partial charge in [0.1, 0.15) is 6.61 Å². The summed E-state index contributed by atoms with van der Waals surface area (Å²) in [6, 6.07) is 16.1. The standard InChI is InChI=1S/C21H21NO4S.ClH/c1-23-20-9-15(4-6-18(20)24-13-17-3-2-8-27-17)11-22-12-16-5-7-19-21(10-16)26-14-25-19;/h2-10,22H,11-14H2,1H3;1H. The van der Waals surface area contributed by atoms with Gasteiger partial charge in [0.05, 0.1) is 7.11 Å². The molecule has 1 aromatic heterocycles. The summed E-state index contributed by atoms with van der Waals surface area (Å²) in [6.07, 6.45) is 0. The molecule has 2 aromatic carbocycles. The first kappa shape index (κ1) is 20.3. The Morgan fingerprint density at radius 2 is 1.75 bits per heavy atom. The van der Waals surface area contributed by atoms with Gasteiger partial charge in [-0.15, -0.1) is 23.7 Å². The van der Waals surface area contributed by atoms with E-state index in [0.717, 1.165) is 47.2 Å². The molecule has 1 N–H and O–H groups in total. The van der Waals surface area contributed by atoms with Crippen molar-refractivity contribution in [2.45, 2.75) is 19.7 Å². The van der Waals surface area contributed by atoms with Crippen molar-refractivity contribution >= 4 is 23.7 Å². The Bertz CT molecular complexity index is 901. The van der Waals surface area contributed by atoms with Crippen molar-refractivity contribution in [2.75, 3.05) is 13.9 Å². The van der Waals surface area contributed by atoms with Crippen molar-refractivity contribution in [1.29, 1.82) is 0 Å². The zero-order valence-electron chi connectivity index (χ0n) is 15.5. The highest BCUT2D eigenvalue weighted by Crippen LogP contribution is 2.32.